The molecule has 1 amide bonds. The number of fused-ring (bicyclic) bond motifs is 1. The zero-order valence-electron chi connectivity index (χ0n) is 14.6. The van der Waals surface area contributed by atoms with Gasteiger partial charge in [0.05, 0.1) is 6.20 Å². The Morgan fingerprint density at radius 3 is 2.91 bits per heavy atom. The molecule has 6 heteroatoms. The van der Waals surface area contributed by atoms with E-state index in [0.29, 0.717) is 12.1 Å². The Labute approximate surface area is 138 Å². The minimum atomic E-state index is -0.434. The van der Waals surface area contributed by atoms with Gasteiger partial charge in [-0.1, -0.05) is 0 Å². The molecule has 2 atom stereocenters. The van der Waals surface area contributed by atoms with Crippen molar-refractivity contribution in [2.45, 2.75) is 64.1 Å². The Morgan fingerprint density at radius 2 is 2.17 bits per heavy atom. The second kappa shape index (κ2) is 6.15. The highest BCUT2D eigenvalue weighted by Crippen LogP contribution is 2.30. The van der Waals surface area contributed by atoms with Crippen molar-refractivity contribution in [1.29, 1.82) is 0 Å². The minimum Gasteiger partial charge on any atom is -0.444 e. The summed E-state index contributed by atoms with van der Waals surface area (Å²) in [6, 6.07) is 0.690. The van der Waals surface area contributed by atoms with Crippen LogP contribution >= 0.6 is 0 Å². The molecule has 23 heavy (non-hydrogen) atoms. The van der Waals surface area contributed by atoms with Gasteiger partial charge in [0.25, 0.3) is 0 Å². The van der Waals surface area contributed by atoms with Crippen molar-refractivity contribution in [1.82, 2.24) is 20.0 Å². The number of aromatic nitrogens is 2. The van der Waals surface area contributed by atoms with Gasteiger partial charge in [-0.3, -0.25) is 4.68 Å². The summed E-state index contributed by atoms with van der Waals surface area (Å²) in [5.74, 6) is 0. The number of nitrogens with one attached hydrogen (secondary N) is 1. The molecule has 0 spiro atoms. The van der Waals surface area contributed by atoms with Crippen LogP contribution in [0.4, 0.5) is 4.79 Å². The molecular formula is C17H28N4O2. The lowest BCUT2D eigenvalue weighted by Gasteiger charge is -2.27. The first-order chi connectivity index (χ1) is 10.8. The maximum absolute atomic E-state index is 12.2. The molecule has 2 heterocycles. The van der Waals surface area contributed by atoms with E-state index < -0.39 is 5.60 Å². The van der Waals surface area contributed by atoms with Gasteiger partial charge in [-0.2, -0.15) is 5.10 Å². The number of carbonyl (C=O) groups is 1. The largest absolute Gasteiger partial charge is 0.444 e. The second-order valence-corrected chi connectivity index (χ2v) is 7.69. The number of hydrogen-bond acceptors (Lipinski definition) is 4. The summed E-state index contributed by atoms with van der Waals surface area (Å²) in [5, 5.41) is 8.13. The van der Waals surface area contributed by atoms with Crippen LogP contribution in [-0.4, -0.2) is 45.5 Å². The zero-order chi connectivity index (χ0) is 16.6. The zero-order valence-corrected chi connectivity index (χ0v) is 14.6. The van der Waals surface area contributed by atoms with Crippen molar-refractivity contribution in [3.63, 3.8) is 0 Å². The predicted molar refractivity (Wildman–Crippen MR) is 88.2 cm³/mol. The Bertz CT molecular complexity index is 576. The van der Waals surface area contributed by atoms with Crippen LogP contribution in [0.3, 0.4) is 0 Å². The van der Waals surface area contributed by atoms with E-state index in [-0.39, 0.29) is 6.09 Å². The number of aryl methyl sites for hydroxylation is 1. The number of nitrogens with zero attached hydrogens (tertiary/aromatic N) is 3. The van der Waals surface area contributed by atoms with E-state index in [9.17, 15) is 4.79 Å². The molecule has 1 aliphatic heterocycles. The maximum atomic E-state index is 12.2. The molecule has 0 radical (unpaired) electrons. The van der Waals surface area contributed by atoms with Gasteiger partial charge in [0.1, 0.15) is 5.60 Å². The third-order valence-electron chi connectivity index (χ3n) is 4.65. The molecule has 0 bridgehead atoms. The van der Waals surface area contributed by atoms with Crippen LogP contribution in [-0.2, 0) is 18.2 Å². The Balaban J connectivity index is 1.58. The maximum Gasteiger partial charge on any atom is 0.410 e. The monoisotopic (exact) mass is 320 g/mol. The molecule has 0 aromatic carbocycles. The van der Waals surface area contributed by atoms with Crippen molar-refractivity contribution < 1.29 is 9.53 Å². The van der Waals surface area contributed by atoms with Crippen LogP contribution in [0.5, 0.6) is 0 Å². The van der Waals surface area contributed by atoms with Crippen LogP contribution in [0, 0.1) is 0 Å². The van der Waals surface area contributed by atoms with Crippen molar-refractivity contribution in [2.24, 2.45) is 7.05 Å². The normalized spacial score (nSPS) is 24.6. The van der Waals surface area contributed by atoms with Gasteiger partial charge in [0.2, 0.25) is 0 Å². The molecule has 2 aliphatic rings. The first-order valence-electron chi connectivity index (χ1n) is 8.58. The van der Waals surface area contributed by atoms with Crippen LogP contribution in [0.1, 0.15) is 57.3 Å². The number of carbonyl (C=O) groups excluding carboxylic acids is 1. The number of likely N-dealkylation sites (tertiary alicyclic amines) is 1. The van der Waals surface area contributed by atoms with Gasteiger partial charge in [0.15, 0.2) is 0 Å². The van der Waals surface area contributed by atoms with Gasteiger partial charge in [-0.05, 0) is 46.5 Å². The summed E-state index contributed by atoms with van der Waals surface area (Å²) in [6.07, 6.45) is 6.21. The van der Waals surface area contributed by atoms with Crippen molar-refractivity contribution >= 4 is 6.09 Å². The van der Waals surface area contributed by atoms with Gasteiger partial charge >= 0.3 is 6.09 Å². The van der Waals surface area contributed by atoms with Crippen LogP contribution in [0.2, 0.25) is 0 Å². The van der Waals surface area contributed by atoms with Gasteiger partial charge in [-0.15, -0.1) is 0 Å². The smallest absolute Gasteiger partial charge is 0.410 e. The molecule has 0 saturated carbocycles. The van der Waals surface area contributed by atoms with E-state index in [2.05, 4.69) is 10.4 Å². The van der Waals surface area contributed by atoms with Gasteiger partial charge < -0.3 is 15.0 Å². The lowest BCUT2D eigenvalue weighted by Crippen LogP contribution is -2.40. The fourth-order valence-electron chi connectivity index (χ4n) is 3.55. The number of rotatable bonds is 2. The lowest BCUT2D eigenvalue weighted by atomic mass is 9.92. The molecule has 3 rings (SSSR count). The van der Waals surface area contributed by atoms with Gasteiger partial charge in [-0.25, -0.2) is 4.79 Å². The SMILES string of the molecule is Cn1ncc2c1CCCC2NC1CCN(C(=O)OC(C)(C)C)C1. The van der Waals surface area contributed by atoms with Crippen molar-refractivity contribution in [2.75, 3.05) is 13.1 Å². The summed E-state index contributed by atoms with van der Waals surface area (Å²) in [4.78, 5) is 14.0. The molecule has 1 N–H and O–H groups in total. The van der Waals surface area contributed by atoms with Crippen LogP contribution in [0.25, 0.3) is 0 Å². The van der Waals surface area contributed by atoms with E-state index in [4.69, 9.17) is 4.74 Å². The summed E-state index contributed by atoms with van der Waals surface area (Å²) in [7, 11) is 2.01. The quantitative estimate of drug-likeness (QED) is 0.909. The molecule has 1 aromatic rings. The first kappa shape index (κ1) is 16.3. The Morgan fingerprint density at radius 1 is 1.39 bits per heavy atom. The number of amides is 1. The van der Waals surface area contributed by atoms with Crippen LogP contribution in [0.15, 0.2) is 6.20 Å². The summed E-state index contributed by atoms with van der Waals surface area (Å²) < 4.78 is 7.46. The number of hydrogen-bond donors (Lipinski definition) is 1. The third-order valence-corrected chi connectivity index (χ3v) is 4.65. The minimum absolute atomic E-state index is 0.201. The fraction of sp³-hybridized carbons (Fsp3) is 0.765. The molecule has 6 nitrogen and oxygen atoms in total. The summed E-state index contributed by atoms with van der Waals surface area (Å²) in [5.41, 5.74) is 2.24. The Kier molecular flexibility index (Phi) is 4.36. The highest BCUT2D eigenvalue weighted by molar-refractivity contribution is 5.68. The number of ether oxygens (including phenoxy) is 1. The molecule has 2 unspecified atom stereocenters. The molecule has 1 fully saturated rings. The summed E-state index contributed by atoms with van der Waals surface area (Å²) >= 11 is 0. The first-order valence-corrected chi connectivity index (χ1v) is 8.58. The van der Waals surface area contributed by atoms with E-state index in [1.807, 2.05) is 43.6 Å². The van der Waals surface area contributed by atoms with E-state index >= 15 is 0 Å². The molecule has 1 aromatic heterocycles. The average Bonchev–Trinajstić information content (AvgIpc) is 3.06. The Hall–Kier alpha value is -1.56. The molecule has 1 aliphatic carbocycles. The van der Waals surface area contributed by atoms with E-state index in [1.165, 1.54) is 17.7 Å². The van der Waals surface area contributed by atoms with Crippen molar-refractivity contribution in [3.05, 3.63) is 17.5 Å². The highest BCUT2D eigenvalue weighted by Gasteiger charge is 2.32. The topological polar surface area (TPSA) is 59.4 Å². The van der Waals surface area contributed by atoms with Gasteiger partial charge in [0, 0.05) is 43.5 Å². The summed E-state index contributed by atoms with van der Waals surface area (Å²) in [6.45, 7) is 7.20. The lowest BCUT2D eigenvalue weighted by molar-refractivity contribution is 0.0290. The standard InChI is InChI=1S/C17H28N4O2/c1-17(2,3)23-16(22)21-9-8-12(11-21)19-14-6-5-7-15-13(14)10-18-20(15)4/h10,12,14,19H,5-9,11H2,1-4H3. The molecule has 128 valence electrons. The van der Waals surface area contributed by atoms with E-state index in [0.717, 1.165) is 32.4 Å². The average molecular weight is 320 g/mol. The van der Waals surface area contributed by atoms with E-state index in [1.54, 1.807) is 0 Å². The third kappa shape index (κ3) is 3.68. The van der Waals surface area contributed by atoms with Crippen LogP contribution < -0.4 is 5.32 Å². The molecular weight excluding hydrogens is 292 g/mol. The second-order valence-electron chi connectivity index (χ2n) is 7.69. The van der Waals surface area contributed by atoms with Crippen molar-refractivity contribution in [3.8, 4) is 0 Å². The fourth-order valence-corrected chi connectivity index (χ4v) is 3.55. The highest BCUT2D eigenvalue weighted by atomic mass is 16.6. The molecule has 1 saturated heterocycles. The predicted octanol–water partition coefficient (Wildman–Crippen LogP) is 2.40.